The number of carbonyl (C=O) groups excluding carboxylic acids is 1. The van der Waals surface area contributed by atoms with Crippen molar-refractivity contribution in [3.05, 3.63) is 64.1 Å². The molecule has 0 aliphatic carbocycles. The number of nitrogens with zero attached hydrogens (tertiary/aromatic N) is 4. The summed E-state index contributed by atoms with van der Waals surface area (Å²) in [5.41, 5.74) is 0.920. The highest BCUT2D eigenvalue weighted by atomic mass is 35.5. The number of rotatable bonds is 3. The minimum Gasteiger partial charge on any atom is -0.352 e. The molecule has 6 rings (SSSR count). The van der Waals surface area contributed by atoms with Gasteiger partial charge in [0.2, 0.25) is 5.91 Å². The van der Waals surface area contributed by atoms with Gasteiger partial charge in [0.05, 0.1) is 22.6 Å². The lowest BCUT2D eigenvalue weighted by Gasteiger charge is -2.50. The number of aromatic nitrogens is 2. The number of hydrogen-bond acceptors (Lipinski definition) is 6. The number of piperazine rings is 1. The van der Waals surface area contributed by atoms with E-state index in [0.29, 0.717) is 57.6 Å². The van der Waals surface area contributed by atoms with Crippen molar-refractivity contribution in [2.24, 2.45) is 0 Å². The van der Waals surface area contributed by atoms with Crippen LogP contribution in [0.25, 0.3) is 22.0 Å². The summed E-state index contributed by atoms with van der Waals surface area (Å²) in [6, 6.07) is 5.08. The molecule has 2 saturated heterocycles. The van der Waals surface area contributed by atoms with Crippen molar-refractivity contribution in [3.63, 3.8) is 0 Å². The summed E-state index contributed by atoms with van der Waals surface area (Å²) in [5, 5.41) is 1.02. The fourth-order valence-corrected chi connectivity index (χ4v) is 8.21. The molecule has 2 atom stereocenters. The van der Waals surface area contributed by atoms with Gasteiger partial charge in [-0.25, -0.2) is 13.6 Å². The predicted molar refractivity (Wildman–Crippen MR) is 141 cm³/mol. The Morgan fingerprint density at radius 3 is 2.64 bits per heavy atom. The molecule has 6 nitrogen and oxygen atoms in total. The number of amides is 1. The van der Waals surface area contributed by atoms with Gasteiger partial charge in [0.25, 0.3) is 0 Å². The van der Waals surface area contributed by atoms with Crippen molar-refractivity contribution in [1.29, 1.82) is 0 Å². The van der Waals surface area contributed by atoms with Gasteiger partial charge in [-0.3, -0.25) is 9.36 Å². The third kappa shape index (κ3) is 3.72. The van der Waals surface area contributed by atoms with Crippen LogP contribution in [-0.4, -0.2) is 62.8 Å². The second-order valence-electron chi connectivity index (χ2n) is 9.00. The number of benzene rings is 2. The van der Waals surface area contributed by atoms with Gasteiger partial charge in [-0.15, -0.1) is 11.8 Å². The topological polar surface area (TPSA) is 58.4 Å². The van der Waals surface area contributed by atoms with Crippen LogP contribution >= 0.6 is 35.1 Å². The van der Waals surface area contributed by atoms with Crippen LogP contribution in [0.2, 0.25) is 5.02 Å². The normalized spacial score (nSPS) is 21.1. The number of carbonyl (C=O) groups is 1. The van der Waals surface area contributed by atoms with E-state index in [9.17, 15) is 18.4 Å². The van der Waals surface area contributed by atoms with Crippen LogP contribution < -0.4 is 10.6 Å². The van der Waals surface area contributed by atoms with Crippen LogP contribution in [0.15, 0.2) is 46.6 Å². The first-order valence-electron chi connectivity index (χ1n) is 11.5. The zero-order valence-corrected chi connectivity index (χ0v) is 21.4. The van der Waals surface area contributed by atoms with Crippen molar-refractivity contribution in [2.75, 3.05) is 35.2 Å². The van der Waals surface area contributed by atoms with Crippen molar-refractivity contribution in [3.8, 4) is 11.1 Å². The van der Waals surface area contributed by atoms with Gasteiger partial charge in [0, 0.05) is 64.4 Å². The Morgan fingerprint density at radius 1 is 1.19 bits per heavy atom. The van der Waals surface area contributed by atoms with E-state index >= 15 is 0 Å². The molecule has 2 aromatic carbocycles. The summed E-state index contributed by atoms with van der Waals surface area (Å²) >= 11 is 10.1. The third-order valence-corrected chi connectivity index (χ3v) is 9.52. The molecule has 2 unspecified atom stereocenters. The van der Waals surface area contributed by atoms with Gasteiger partial charge >= 0.3 is 5.69 Å². The average molecular weight is 547 g/mol. The Bertz CT molecular complexity index is 1480. The molecule has 1 aromatic heterocycles. The molecule has 2 bridgehead atoms. The predicted octanol–water partition coefficient (Wildman–Crippen LogP) is 4.42. The van der Waals surface area contributed by atoms with E-state index in [1.54, 1.807) is 10.6 Å². The second kappa shape index (κ2) is 9.08. The molecular formula is C25H21ClF2N4O2S2. The first-order chi connectivity index (χ1) is 17.4. The summed E-state index contributed by atoms with van der Waals surface area (Å²) in [4.78, 5) is 34.9. The Kier molecular flexibility index (Phi) is 6.00. The lowest BCUT2D eigenvalue weighted by atomic mass is 10.0. The van der Waals surface area contributed by atoms with E-state index in [0.717, 1.165) is 17.6 Å². The molecule has 1 amide bonds. The van der Waals surface area contributed by atoms with Gasteiger partial charge in [-0.2, -0.15) is 16.7 Å². The van der Waals surface area contributed by atoms with Crippen LogP contribution in [0.1, 0.15) is 0 Å². The Morgan fingerprint density at radius 2 is 1.94 bits per heavy atom. The third-order valence-electron chi connectivity index (χ3n) is 6.91. The number of fused-ring (bicyclic) bond motifs is 2. The maximum absolute atomic E-state index is 14.8. The van der Waals surface area contributed by atoms with E-state index in [4.69, 9.17) is 11.6 Å². The zero-order valence-electron chi connectivity index (χ0n) is 19.0. The van der Waals surface area contributed by atoms with Gasteiger partial charge in [-0.1, -0.05) is 18.2 Å². The SMILES string of the molecule is C=CC(=O)N1C2CSCC1CN(c1nc(=O)n3c4c(c(-c5ccc(F)cc5F)c(Cl)cc14)SCC3)C2. The quantitative estimate of drug-likeness (QED) is 0.453. The molecule has 0 saturated carbocycles. The molecule has 36 heavy (non-hydrogen) atoms. The van der Waals surface area contributed by atoms with Crippen molar-refractivity contribution >= 4 is 57.8 Å². The van der Waals surface area contributed by atoms with Crippen molar-refractivity contribution in [2.45, 2.75) is 23.5 Å². The van der Waals surface area contributed by atoms with Crippen molar-refractivity contribution < 1.29 is 13.6 Å². The molecule has 186 valence electrons. The van der Waals surface area contributed by atoms with Crippen LogP contribution in [0.4, 0.5) is 14.6 Å². The summed E-state index contributed by atoms with van der Waals surface area (Å²) < 4.78 is 30.1. The minimum atomic E-state index is -0.713. The molecule has 0 spiro atoms. The van der Waals surface area contributed by atoms with Crippen LogP contribution in [0.3, 0.4) is 0 Å². The van der Waals surface area contributed by atoms with E-state index in [2.05, 4.69) is 16.5 Å². The van der Waals surface area contributed by atoms with Crippen LogP contribution in [-0.2, 0) is 11.3 Å². The summed E-state index contributed by atoms with van der Waals surface area (Å²) in [6.45, 7) is 5.18. The van der Waals surface area contributed by atoms with E-state index in [-0.39, 0.29) is 29.2 Å². The van der Waals surface area contributed by atoms with Crippen molar-refractivity contribution in [1.82, 2.24) is 14.5 Å². The summed E-state index contributed by atoms with van der Waals surface area (Å²) in [6.07, 6.45) is 1.35. The Balaban J connectivity index is 1.53. The van der Waals surface area contributed by atoms with E-state index in [1.807, 2.05) is 16.7 Å². The fourth-order valence-electron chi connectivity index (χ4n) is 5.43. The van der Waals surface area contributed by atoms with Gasteiger partial charge in [-0.05, 0) is 24.3 Å². The molecule has 3 aromatic rings. The fraction of sp³-hybridized carbons (Fsp3) is 0.320. The number of anilines is 1. The Hall–Kier alpha value is -2.56. The standard InChI is InChI=1S/C25H21ClF2N4O2S2/c1-2-20(33)32-14-9-30(10-15(32)12-35-11-14)24-17-8-18(26)21(16-4-3-13(27)7-19(16)28)23-22(17)31(5-6-36-23)25(34)29-24/h2-4,7-8,14-15H,1,5-6,9-12H2. The molecule has 4 heterocycles. The monoisotopic (exact) mass is 546 g/mol. The minimum absolute atomic E-state index is 0.0305. The summed E-state index contributed by atoms with van der Waals surface area (Å²) in [5.74, 6) is 1.24. The molecular weight excluding hydrogens is 526 g/mol. The Labute approximate surface area is 219 Å². The molecule has 11 heteroatoms. The molecule has 3 aliphatic rings. The number of aryl methyl sites for hydroxylation is 1. The largest absolute Gasteiger partial charge is 0.352 e. The van der Waals surface area contributed by atoms with E-state index < -0.39 is 11.6 Å². The molecule has 2 fully saturated rings. The van der Waals surface area contributed by atoms with E-state index in [1.165, 1.54) is 30.0 Å². The summed E-state index contributed by atoms with van der Waals surface area (Å²) in [7, 11) is 0. The molecule has 3 aliphatic heterocycles. The zero-order chi connectivity index (χ0) is 25.1. The number of thioether (sulfide) groups is 2. The number of hydrogen-bond donors (Lipinski definition) is 0. The highest BCUT2D eigenvalue weighted by Gasteiger charge is 2.41. The maximum Gasteiger partial charge on any atom is 0.350 e. The lowest BCUT2D eigenvalue weighted by Crippen LogP contribution is -2.64. The molecule has 0 N–H and O–H groups in total. The van der Waals surface area contributed by atoms with Gasteiger partial charge < -0.3 is 9.80 Å². The highest BCUT2D eigenvalue weighted by Crippen LogP contribution is 2.46. The van der Waals surface area contributed by atoms with Gasteiger partial charge in [0.1, 0.15) is 17.5 Å². The van der Waals surface area contributed by atoms with Crippen LogP contribution in [0, 0.1) is 11.6 Å². The average Bonchev–Trinajstić information content (AvgIpc) is 2.85. The number of halogens is 3. The lowest BCUT2D eigenvalue weighted by molar-refractivity contribution is -0.130. The second-order valence-corrected chi connectivity index (χ2v) is 11.6. The van der Waals surface area contributed by atoms with Crippen LogP contribution in [0.5, 0.6) is 0 Å². The first-order valence-corrected chi connectivity index (χ1v) is 14.0. The highest BCUT2D eigenvalue weighted by molar-refractivity contribution is 7.99. The smallest absolute Gasteiger partial charge is 0.350 e. The molecule has 0 radical (unpaired) electrons. The maximum atomic E-state index is 14.8. The first kappa shape index (κ1) is 23.8. The van der Waals surface area contributed by atoms with Gasteiger partial charge in [0.15, 0.2) is 0 Å².